The summed E-state index contributed by atoms with van der Waals surface area (Å²) in [6.45, 7) is 0.979. The summed E-state index contributed by atoms with van der Waals surface area (Å²) in [5.41, 5.74) is 6.28. The molecule has 3 heteroatoms. The molecule has 0 spiro atoms. The van der Waals surface area contributed by atoms with Crippen LogP contribution in [0.3, 0.4) is 0 Å². The summed E-state index contributed by atoms with van der Waals surface area (Å²) >= 11 is 0. The van der Waals surface area contributed by atoms with E-state index in [1.807, 2.05) is 0 Å². The Labute approximate surface area is 60.9 Å². The summed E-state index contributed by atoms with van der Waals surface area (Å²) in [6, 6.07) is 1.29. The molecule has 1 aliphatic heterocycles. The van der Waals surface area contributed by atoms with Crippen LogP contribution < -0.4 is 0 Å². The molecular formula is C6H12OSi2. The van der Waals surface area contributed by atoms with Crippen molar-refractivity contribution in [1.82, 2.24) is 0 Å². The Morgan fingerprint density at radius 3 is 2.89 bits per heavy atom. The highest BCUT2D eigenvalue weighted by Gasteiger charge is 2.11. The minimum absolute atomic E-state index is 0.953. The van der Waals surface area contributed by atoms with Crippen molar-refractivity contribution in [3.05, 3.63) is 0 Å². The Kier molecular flexibility index (Phi) is 3.05. The monoisotopic (exact) mass is 156 g/mol. The Hall–Kier alpha value is -0.0462. The second kappa shape index (κ2) is 3.88. The summed E-state index contributed by atoms with van der Waals surface area (Å²) in [5.74, 6) is 0. The maximum atomic E-state index is 5.51. The van der Waals surface area contributed by atoms with Crippen LogP contribution in [0.5, 0.6) is 0 Å². The van der Waals surface area contributed by atoms with Gasteiger partial charge in [-0.3, -0.25) is 0 Å². The van der Waals surface area contributed by atoms with Gasteiger partial charge >= 0.3 is 0 Å². The lowest BCUT2D eigenvalue weighted by Crippen LogP contribution is -2.21. The van der Waals surface area contributed by atoms with Crippen LogP contribution in [0.15, 0.2) is 0 Å². The molecule has 0 aliphatic carbocycles. The molecular weight excluding hydrogens is 144 g/mol. The van der Waals surface area contributed by atoms with Crippen molar-refractivity contribution in [2.45, 2.75) is 18.9 Å². The molecule has 50 valence electrons. The van der Waals surface area contributed by atoms with Gasteiger partial charge in [-0.1, -0.05) is 6.42 Å². The second-order valence-corrected chi connectivity index (χ2v) is 4.93. The van der Waals surface area contributed by atoms with Crippen LogP contribution in [0, 0.1) is 11.1 Å². The molecule has 9 heavy (non-hydrogen) atoms. The summed E-state index contributed by atoms with van der Waals surface area (Å²) in [6.07, 6.45) is 2.61. The Balaban J connectivity index is 2.28. The molecule has 0 N–H and O–H groups in total. The average molecular weight is 156 g/mol. The molecule has 0 aromatic carbocycles. The third-order valence-electron chi connectivity index (χ3n) is 1.49. The van der Waals surface area contributed by atoms with E-state index >= 15 is 0 Å². The number of hydrogen-bond acceptors (Lipinski definition) is 1. The number of rotatable bonds is 0. The fourth-order valence-electron chi connectivity index (χ4n) is 1.02. The van der Waals surface area contributed by atoms with Crippen molar-refractivity contribution >= 4 is 19.3 Å². The first kappa shape index (κ1) is 7.07. The highest BCUT2D eigenvalue weighted by atomic mass is 28.3. The van der Waals surface area contributed by atoms with Crippen LogP contribution in [-0.2, 0) is 4.43 Å². The van der Waals surface area contributed by atoms with Crippen molar-refractivity contribution in [3.8, 4) is 11.1 Å². The van der Waals surface area contributed by atoms with E-state index in [1.165, 1.54) is 18.9 Å². The van der Waals surface area contributed by atoms with Gasteiger partial charge in [0.2, 0.25) is 0 Å². The molecule has 1 rings (SSSR count). The van der Waals surface area contributed by atoms with Gasteiger partial charge in [-0.2, -0.15) is 0 Å². The minimum Gasteiger partial charge on any atom is -0.408 e. The smallest absolute Gasteiger partial charge is 0.255 e. The summed E-state index contributed by atoms with van der Waals surface area (Å²) in [5, 5.41) is 0. The van der Waals surface area contributed by atoms with Crippen molar-refractivity contribution in [1.29, 1.82) is 0 Å². The van der Waals surface area contributed by atoms with Crippen molar-refractivity contribution in [2.75, 3.05) is 6.61 Å². The standard InChI is InChI=1S/C6H12OSi2/c8-4-6-9-5-2-1-3-7-9/h9H,1-3,5H2,8H3. The zero-order valence-corrected chi connectivity index (χ0v) is 8.97. The van der Waals surface area contributed by atoms with Gasteiger partial charge in [0.15, 0.2) is 0 Å². The maximum absolute atomic E-state index is 5.51. The van der Waals surface area contributed by atoms with Crippen molar-refractivity contribution in [2.24, 2.45) is 0 Å². The summed E-state index contributed by atoms with van der Waals surface area (Å²) in [7, 11) is 0.0637. The molecule has 1 aliphatic rings. The molecule has 0 aromatic heterocycles. The quantitative estimate of drug-likeness (QED) is 0.336. The predicted octanol–water partition coefficient (Wildman–Crippen LogP) is -0.614. The van der Waals surface area contributed by atoms with Crippen LogP contribution in [0.2, 0.25) is 6.04 Å². The molecule has 0 aromatic rings. The molecule has 0 amide bonds. The van der Waals surface area contributed by atoms with E-state index in [2.05, 4.69) is 11.1 Å². The highest BCUT2D eigenvalue weighted by Crippen LogP contribution is 2.09. The lowest BCUT2D eigenvalue weighted by Gasteiger charge is -2.15. The topological polar surface area (TPSA) is 9.23 Å². The Morgan fingerprint density at radius 2 is 2.33 bits per heavy atom. The minimum atomic E-state index is -0.953. The van der Waals surface area contributed by atoms with E-state index in [0.717, 1.165) is 16.8 Å². The SMILES string of the molecule is [SiH3]C#C[SiH]1CCCCO1. The normalized spacial score (nSPS) is 26.9. The molecule has 1 unspecified atom stereocenters. The first-order valence-electron chi connectivity index (χ1n) is 3.47. The van der Waals surface area contributed by atoms with Crippen LogP contribution in [0.25, 0.3) is 0 Å². The lowest BCUT2D eigenvalue weighted by molar-refractivity contribution is 0.295. The molecule has 0 radical (unpaired) electrons. The van der Waals surface area contributed by atoms with Gasteiger partial charge in [-0.15, -0.1) is 11.1 Å². The van der Waals surface area contributed by atoms with E-state index < -0.39 is 9.04 Å². The van der Waals surface area contributed by atoms with E-state index in [1.54, 1.807) is 0 Å². The molecule has 1 saturated heterocycles. The lowest BCUT2D eigenvalue weighted by atomic mass is 10.4. The molecule has 1 nitrogen and oxygen atoms in total. The van der Waals surface area contributed by atoms with E-state index in [9.17, 15) is 0 Å². The third-order valence-corrected chi connectivity index (χ3v) is 4.53. The fraction of sp³-hybridized carbons (Fsp3) is 0.667. The van der Waals surface area contributed by atoms with Gasteiger partial charge in [0.05, 0.1) is 10.2 Å². The second-order valence-electron chi connectivity index (χ2n) is 2.25. The van der Waals surface area contributed by atoms with Gasteiger partial charge < -0.3 is 4.43 Å². The van der Waals surface area contributed by atoms with E-state index in [0.29, 0.717) is 0 Å². The first-order valence-corrected chi connectivity index (χ1v) is 6.34. The third kappa shape index (κ3) is 2.35. The van der Waals surface area contributed by atoms with E-state index in [-0.39, 0.29) is 0 Å². The van der Waals surface area contributed by atoms with Gasteiger partial charge in [-0.05, 0) is 12.5 Å². The van der Waals surface area contributed by atoms with Crippen molar-refractivity contribution < 1.29 is 4.43 Å². The van der Waals surface area contributed by atoms with Gasteiger partial charge in [0.25, 0.3) is 9.04 Å². The van der Waals surface area contributed by atoms with Crippen LogP contribution in [0.4, 0.5) is 0 Å². The van der Waals surface area contributed by atoms with Crippen molar-refractivity contribution in [3.63, 3.8) is 0 Å². The largest absolute Gasteiger partial charge is 0.408 e. The fourth-order valence-corrected chi connectivity index (χ4v) is 3.81. The summed E-state index contributed by atoms with van der Waals surface area (Å²) < 4.78 is 5.51. The van der Waals surface area contributed by atoms with Crippen LogP contribution in [-0.4, -0.2) is 25.9 Å². The molecule has 0 bridgehead atoms. The maximum Gasteiger partial charge on any atom is 0.255 e. The van der Waals surface area contributed by atoms with Crippen LogP contribution >= 0.6 is 0 Å². The number of hydrogen-bond donors (Lipinski definition) is 0. The van der Waals surface area contributed by atoms with Gasteiger partial charge in [0.1, 0.15) is 0 Å². The molecule has 1 fully saturated rings. The van der Waals surface area contributed by atoms with E-state index in [4.69, 9.17) is 4.43 Å². The Bertz CT molecular complexity index is 130. The predicted molar refractivity (Wildman–Crippen MR) is 44.9 cm³/mol. The molecule has 1 atom stereocenters. The Morgan fingerprint density at radius 1 is 1.44 bits per heavy atom. The zero-order chi connectivity index (χ0) is 6.53. The highest BCUT2D eigenvalue weighted by molar-refractivity contribution is 6.62. The summed E-state index contributed by atoms with van der Waals surface area (Å²) in [4.78, 5) is 0. The molecule has 1 heterocycles. The van der Waals surface area contributed by atoms with Crippen LogP contribution in [0.1, 0.15) is 12.8 Å². The average Bonchev–Trinajstić information content (AvgIpc) is 1.91. The zero-order valence-electron chi connectivity index (χ0n) is 5.81. The van der Waals surface area contributed by atoms with Gasteiger partial charge in [0, 0.05) is 6.61 Å². The molecule has 0 saturated carbocycles. The van der Waals surface area contributed by atoms with Gasteiger partial charge in [-0.25, -0.2) is 0 Å². The first-order chi connectivity index (χ1) is 4.43.